The molecule has 1 aromatic carbocycles. The first-order valence-corrected chi connectivity index (χ1v) is 8.68. The minimum absolute atomic E-state index is 0.0859. The highest BCUT2D eigenvalue weighted by Crippen LogP contribution is 2.24. The fraction of sp³-hybridized carbons (Fsp3) is 0.278. The standard InChI is InChI=1S/C18H19N3O2S/c1-3-17(22)21(2)14-7-4-12(5-8-14)18(23)20-13-6-9-15-16(10-13)24-11-19-15/h3-5,7-8,11,13H,1,6,9-10H2,2H3,(H,20,23)/t13-/m0/s1. The third kappa shape index (κ3) is 3.38. The maximum absolute atomic E-state index is 12.4. The Kier molecular flexibility index (Phi) is 4.76. The van der Waals surface area contributed by atoms with Gasteiger partial charge in [0, 0.05) is 35.6 Å². The van der Waals surface area contributed by atoms with Crippen LogP contribution in [0.2, 0.25) is 0 Å². The van der Waals surface area contributed by atoms with Crippen LogP contribution < -0.4 is 10.2 Å². The number of fused-ring (bicyclic) bond motifs is 1. The van der Waals surface area contributed by atoms with Crippen molar-refractivity contribution in [2.75, 3.05) is 11.9 Å². The number of aromatic nitrogens is 1. The molecule has 0 bridgehead atoms. The van der Waals surface area contributed by atoms with Gasteiger partial charge in [-0.25, -0.2) is 4.98 Å². The summed E-state index contributed by atoms with van der Waals surface area (Å²) in [6.07, 6.45) is 3.94. The Bertz CT molecular complexity index is 767. The molecule has 6 heteroatoms. The number of hydrogen-bond donors (Lipinski definition) is 1. The van der Waals surface area contributed by atoms with E-state index in [9.17, 15) is 9.59 Å². The molecule has 2 amide bonds. The first-order chi connectivity index (χ1) is 11.6. The second kappa shape index (κ2) is 6.97. The molecule has 0 radical (unpaired) electrons. The van der Waals surface area contributed by atoms with Crippen molar-refractivity contribution in [2.45, 2.75) is 25.3 Å². The van der Waals surface area contributed by atoms with Gasteiger partial charge in [-0.1, -0.05) is 6.58 Å². The minimum Gasteiger partial charge on any atom is -0.349 e. The fourth-order valence-corrected chi connectivity index (χ4v) is 3.69. The number of rotatable bonds is 4. The van der Waals surface area contributed by atoms with E-state index < -0.39 is 0 Å². The van der Waals surface area contributed by atoms with Crippen LogP contribution in [0.4, 0.5) is 5.69 Å². The van der Waals surface area contributed by atoms with E-state index in [2.05, 4.69) is 16.9 Å². The van der Waals surface area contributed by atoms with Crippen LogP contribution in [-0.2, 0) is 17.6 Å². The maximum atomic E-state index is 12.4. The number of carbonyl (C=O) groups is 2. The van der Waals surface area contributed by atoms with Crippen molar-refractivity contribution in [3.63, 3.8) is 0 Å². The molecule has 1 aromatic heterocycles. The zero-order chi connectivity index (χ0) is 17.1. The summed E-state index contributed by atoms with van der Waals surface area (Å²) >= 11 is 1.65. The van der Waals surface area contributed by atoms with Crippen molar-refractivity contribution in [2.24, 2.45) is 0 Å². The van der Waals surface area contributed by atoms with Crippen LogP contribution in [0.15, 0.2) is 42.4 Å². The van der Waals surface area contributed by atoms with Crippen molar-refractivity contribution >= 4 is 28.8 Å². The summed E-state index contributed by atoms with van der Waals surface area (Å²) < 4.78 is 0. The van der Waals surface area contributed by atoms with Crippen molar-refractivity contribution in [3.05, 3.63) is 58.6 Å². The van der Waals surface area contributed by atoms with E-state index in [0.29, 0.717) is 5.56 Å². The number of amides is 2. The van der Waals surface area contributed by atoms with E-state index >= 15 is 0 Å². The van der Waals surface area contributed by atoms with Gasteiger partial charge in [-0.3, -0.25) is 9.59 Å². The minimum atomic E-state index is -0.185. The number of anilines is 1. The molecule has 0 fully saturated rings. The molecule has 1 aliphatic rings. The van der Waals surface area contributed by atoms with Crippen molar-refractivity contribution in [3.8, 4) is 0 Å². The molecule has 0 aliphatic heterocycles. The summed E-state index contributed by atoms with van der Waals surface area (Å²) in [5, 5.41) is 3.09. The number of likely N-dealkylation sites (N-methyl/N-ethyl adjacent to an activating group) is 1. The lowest BCUT2D eigenvalue weighted by Gasteiger charge is -2.22. The maximum Gasteiger partial charge on any atom is 0.251 e. The van der Waals surface area contributed by atoms with E-state index in [1.807, 2.05) is 5.51 Å². The van der Waals surface area contributed by atoms with E-state index in [0.717, 1.165) is 24.9 Å². The van der Waals surface area contributed by atoms with Crippen molar-refractivity contribution in [1.82, 2.24) is 10.3 Å². The summed E-state index contributed by atoms with van der Waals surface area (Å²) in [5.74, 6) is -0.271. The van der Waals surface area contributed by atoms with Gasteiger partial charge in [-0.05, 0) is 43.2 Å². The molecular weight excluding hydrogens is 322 g/mol. The lowest BCUT2D eigenvalue weighted by molar-refractivity contribution is -0.113. The number of nitrogens with zero attached hydrogens (tertiary/aromatic N) is 2. The number of thiazole rings is 1. The monoisotopic (exact) mass is 341 g/mol. The molecule has 5 nitrogen and oxygen atoms in total. The third-order valence-electron chi connectivity index (χ3n) is 4.24. The SMILES string of the molecule is C=CC(=O)N(C)c1ccc(C(=O)N[C@H]2CCc3ncsc3C2)cc1. The number of carbonyl (C=O) groups excluding carboxylic acids is 2. The summed E-state index contributed by atoms with van der Waals surface area (Å²) in [7, 11) is 1.67. The van der Waals surface area contributed by atoms with Gasteiger partial charge in [-0.2, -0.15) is 0 Å². The molecular formula is C18H19N3O2S. The summed E-state index contributed by atoms with van der Waals surface area (Å²) in [5.41, 5.74) is 4.36. The summed E-state index contributed by atoms with van der Waals surface area (Å²) in [4.78, 5) is 31.1. The predicted octanol–water partition coefficient (Wildman–Crippen LogP) is 2.58. The molecule has 1 N–H and O–H groups in total. The topological polar surface area (TPSA) is 62.3 Å². The molecule has 124 valence electrons. The number of benzene rings is 1. The molecule has 1 atom stereocenters. The molecule has 0 unspecified atom stereocenters. The van der Waals surface area contributed by atoms with E-state index in [1.165, 1.54) is 21.5 Å². The fourth-order valence-electron chi connectivity index (χ4n) is 2.79. The van der Waals surface area contributed by atoms with Crippen LogP contribution in [0.3, 0.4) is 0 Å². The molecule has 0 spiro atoms. The smallest absolute Gasteiger partial charge is 0.251 e. The molecule has 2 aromatic rings. The highest BCUT2D eigenvalue weighted by Gasteiger charge is 2.22. The van der Waals surface area contributed by atoms with Gasteiger partial charge in [0.15, 0.2) is 0 Å². The normalized spacial score (nSPS) is 16.1. The molecule has 3 rings (SSSR count). The van der Waals surface area contributed by atoms with Crippen LogP contribution in [0.25, 0.3) is 0 Å². The van der Waals surface area contributed by atoms with Crippen LogP contribution in [0, 0.1) is 0 Å². The Morgan fingerprint density at radius 2 is 2.12 bits per heavy atom. The summed E-state index contributed by atoms with van der Waals surface area (Å²) in [6.45, 7) is 3.47. The van der Waals surface area contributed by atoms with Gasteiger partial charge in [-0.15, -0.1) is 11.3 Å². The average Bonchev–Trinajstić information content (AvgIpc) is 3.08. The quantitative estimate of drug-likeness (QED) is 0.870. The largest absolute Gasteiger partial charge is 0.349 e. The first kappa shape index (κ1) is 16.4. The molecule has 1 aliphatic carbocycles. The lowest BCUT2D eigenvalue weighted by Crippen LogP contribution is -2.38. The van der Waals surface area contributed by atoms with Gasteiger partial charge in [0.25, 0.3) is 5.91 Å². The molecule has 24 heavy (non-hydrogen) atoms. The Morgan fingerprint density at radius 1 is 1.38 bits per heavy atom. The van der Waals surface area contributed by atoms with Crippen molar-refractivity contribution in [1.29, 1.82) is 0 Å². The number of hydrogen-bond acceptors (Lipinski definition) is 4. The van der Waals surface area contributed by atoms with Crippen LogP contribution in [0.5, 0.6) is 0 Å². The second-order valence-electron chi connectivity index (χ2n) is 5.78. The first-order valence-electron chi connectivity index (χ1n) is 7.80. The highest BCUT2D eigenvalue weighted by atomic mass is 32.1. The predicted molar refractivity (Wildman–Crippen MR) is 95.4 cm³/mol. The van der Waals surface area contributed by atoms with Crippen molar-refractivity contribution < 1.29 is 9.59 Å². The van der Waals surface area contributed by atoms with Gasteiger partial charge < -0.3 is 10.2 Å². The highest BCUT2D eigenvalue weighted by molar-refractivity contribution is 7.09. The van der Waals surface area contributed by atoms with Gasteiger partial charge in [0.1, 0.15) is 0 Å². The van der Waals surface area contributed by atoms with E-state index in [4.69, 9.17) is 0 Å². The molecule has 0 saturated carbocycles. The van der Waals surface area contributed by atoms with Crippen LogP contribution in [0.1, 0.15) is 27.3 Å². The van der Waals surface area contributed by atoms with E-state index in [-0.39, 0.29) is 17.9 Å². The number of aryl methyl sites for hydroxylation is 1. The number of nitrogens with one attached hydrogen (secondary N) is 1. The Labute approximate surface area is 145 Å². The van der Waals surface area contributed by atoms with Gasteiger partial charge in [0.2, 0.25) is 5.91 Å². The zero-order valence-electron chi connectivity index (χ0n) is 13.5. The third-order valence-corrected chi connectivity index (χ3v) is 5.14. The summed E-state index contributed by atoms with van der Waals surface area (Å²) in [6, 6.07) is 7.14. The molecule has 1 heterocycles. The van der Waals surface area contributed by atoms with Crippen LogP contribution >= 0.6 is 11.3 Å². The lowest BCUT2D eigenvalue weighted by atomic mass is 9.97. The van der Waals surface area contributed by atoms with Gasteiger partial charge in [0.05, 0.1) is 11.2 Å². The average molecular weight is 341 g/mol. The Hall–Kier alpha value is -2.47. The Balaban J connectivity index is 1.63. The Morgan fingerprint density at radius 3 is 2.83 bits per heavy atom. The second-order valence-corrected chi connectivity index (χ2v) is 6.72. The molecule has 0 saturated heterocycles. The van der Waals surface area contributed by atoms with E-state index in [1.54, 1.807) is 42.6 Å². The zero-order valence-corrected chi connectivity index (χ0v) is 14.3. The van der Waals surface area contributed by atoms with Gasteiger partial charge >= 0.3 is 0 Å². The van der Waals surface area contributed by atoms with Crippen LogP contribution in [-0.4, -0.2) is 29.9 Å².